The molecule has 0 unspecified atom stereocenters. The minimum Gasteiger partial charge on any atom is -0.356 e. The molecule has 0 atom stereocenters. The standard InChI is InChI=1S/C12H16BrNO/c1-3-12(15)14-7-6-10-8-11(13)5-4-9(10)2/h4-5,8H,3,6-7H2,1-2H3,(H,14,15). The lowest BCUT2D eigenvalue weighted by atomic mass is 10.1. The van der Waals surface area contributed by atoms with E-state index in [4.69, 9.17) is 0 Å². The van der Waals surface area contributed by atoms with Gasteiger partial charge < -0.3 is 5.32 Å². The molecule has 0 aliphatic heterocycles. The van der Waals surface area contributed by atoms with Gasteiger partial charge in [0, 0.05) is 17.4 Å². The molecule has 1 aromatic rings. The summed E-state index contributed by atoms with van der Waals surface area (Å²) in [6.45, 7) is 4.66. The molecule has 0 aliphatic rings. The molecule has 0 aromatic heterocycles. The number of hydrogen-bond acceptors (Lipinski definition) is 1. The monoisotopic (exact) mass is 269 g/mol. The Hall–Kier alpha value is -0.830. The maximum Gasteiger partial charge on any atom is 0.219 e. The van der Waals surface area contributed by atoms with E-state index < -0.39 is 0 Å². The average Bonchev–Trinajstić information content (AvgIpc) is 2.23. The van der Waals surface area contributed by atoms with Crippen molar-refractivity contribution in [1.82, 2.24) is 5.32 Å². The SMILES string of the molecule is CCC(=O)NCCc1cc(Br)ccc1C. The van der Waals surface area contributed by atoms with Crippen LogP contribution >= 0.6 is 15.9 Å². The van der Waals surface area contributed by atoms with E-state index in [-0.39, 0.29) is 5.91 Å². The summed E-state index contributed by atoms with van der Waals surface area (Å²) in [5, 5.41) is 2.87. The van der Waals surface area contributed by atoms with Gasteiger partial charge in [0.25, 0.3) is 0 Å². The normalized spacial score (nSPS) is 10.1. The molecule has 0 fully saturated rings. The summed E-state index contributed by atoms with van der Waals surface area (Å²) in [6.07, 6.45) is 1.44. The Morgan fingerprint density at radius 2 is 2.20 bits per heavy atom. The molecule has 1 N–H and O–H groups in total. The molecule has 0 heterocycles. The lowest BCUT2D eigenvalue weighted by Gasteiger charge is -2.07. The molecule has 1 amide bonds. The van der Waals surface area contributed by atoms with Crippen molar-refractivity contribution in [2.75, 3.05) is 6.54 Å². The zero-order chi connectivity index (χ0) is 11.3. The highest BCUT2D eigenvalue weighted by Gasteiger charge is 2.00. The molecule has 0 radical (unpaired) electrons. The van der Waals surface area contributed by atoms with Gasteiger partial charge in [-0.2, -0.15) is 0 Å². The molecule has 2 nitrogen and oxygen atoms in total. The second-order valence-electron chi connectivity index (χ2n) is 3.52. The molecule has 0 spiro atoms. The van der Waals surface area contributed by atoms with Crippen LogP contribution in [0.25, 0.3) is 0 Å². The van der Waals surface area contributed by atoms with E-state index in [0.717, 1.165) is 10.9 Å². The fraction of sp³-hybridized carbons (Fsp3) is 0.417. The number of benzene rings is 1. The summed E-state index contributed by atoms with van der Waals surface area (Å²) in [7, 11) is 0. The van der Waals surface area contributed by atoms with Gasteiger partial charge in [0.2, 0.25) is 5.91 Å². The molecule has 0 saturated heterocycles. The predicted molar refractivity (Wildman–Crippen MR) is 65.9 cm³/mol. The lowest BCUT2D eigenvalue weighted by Crippen LogP contribution is -2.24. The summed E-state index contributed by atoms with van der Waals surface area (Å²) in [4.78, 5) is 11.0. The average molecular weight is 270 g/mol. The number of carbonyl (C=O) groups is 1. The number of rotatable bonds is 4. The summed E-state index contributed by atoms with van der Waals surface area (Å²) in [5.74, 6) is 0.114. The van der Waals surface area contributed by atoms with Crippen LogP contribution in [-0.2, 0) is 11.2 Å². The molecular formula is C12H16BrNO. The van der Waals surface area contributed by atoms with Crippen LogP contribution in [0.1, 0.15) is 24.5 Å². The maximum absolute atomic E-state index is 11.0. The first-order valence-electron chi connectivity index (χ1n) is 5.15. The van der Waals surface area contributed by atoms with Crippen molar-refractivity contribution in [1.29, 1.82) is 0 Å². The van der Waals surface area contributed by atoms with Crippen LogP contribution in [0.5, 0.6) is 0 Å². The summed E-state index contributed by atoms with van der Waals surface area (Å²) >= 11 is 3.44. The molecule has 0 bridgehead atoms. The molecule has 82 valence electrons. The number of halogens is 1. The van der Waals surface area contributed by atoms with Crippen LogP contribution in [0.3, 0.4) is 0 Å². The molecule has 1 rings (SSSR count). The van der Waals surface area contributed by atoms with E-state index in [9.17, 15) is 4.79 Å². The minimum absolute atomic E-state index is 0.114. The third-order valence-corrected chi connectivity index (χ3v) is 2.84. The Kier molecular flexibility index (Phi) is 4.82. The molecule has 15 heavy (non-hydrogen) atoms. The lowest BCUT2D eigenvalue weighted by molar-refractivity contribution is -0.120. The Bertz CT molecular complexity index is 349. The number of amides is 1. The van der Waals surface area contributed by atoms with Crippen molar-refractivity contribution in [2.45, 2.75) is 26.7 Å². The van der Waals surface area contributed by atoms with Crippen molar-refractivity contribution in [3.8, 4) is 0 Å². The van der Waals surface area contributed by atoms with Gasteiger partial charge in [-0.15, -0.1) is 0 Å². The largest absolute Gasteiger partial charge is 0.356 e. The zero-order valence-electron chi connectivity index (χ0n) is 9.14. The van der Waals surface area contributed by atoms with Crippen LogP contribution in [0.2, 0.25) is 0 Å². The smallest absolute Gasteiger partial charge is 0.219 e. The highest BCUT2D eigenvalue weighted by molar-refractivity contribution is 9.10. The van der Waals surface area contributed by atoms with E-state index >= 15 is 0 Å². The fourth-order valence-electron chi connectivity index (χ4n) is 1.37. The molecule has 3 heteroatoms. The van der Waals surface area contributed by atoms with Gasteiger partial charge in [-0.25, -0.2) is 0 Å². The molecule has 1 aromatic carbocycles. The van der Waals surface area contributed by atoms with Crippen LogP contribution in [-0.4, -0.2) is 12.5 Å². The Balaban J connectivity index is 2.50. The van der Waals surface area contributed by atoms with E-state index in [1.54, 1.807) is 0 Å². The first-order valence-corrected chi connectivity index (χ1v) is 5.94. The first-order chi connectivity index (χ1) is 7.13. The van der Waals surface area contributed by atoms with E-state index in [1.165, 1.54) is 11.1 Å². The Morgan fingerprint density at radius 1 is 1.47 bits per heavy atom. The second kappa shape index (κ2) is 5.91. The molecule has 0 aliphatic carbocycles. The van der Waals surface area contributed by atoms with Crippen LogP contribution < -0.4 is 5.32 Å². The van der Waals surface area contributed by atoms with Gasteiger partial charge in [-0.05, 0) is 36.6 Å². The predicted octanol–water partition coefficient (Wildman–Crippen LogP) is 2.83. The van der Waals surface area contributed by atoms with Gasteiger partial charge in [0.1, 0.15) is 0 Å². The van der Waals surface area contributed by atoms with E-state index in [2.05, 4.69) is 40.3 Å². The first kappa shape index (κ1) is 12.2. The zero-order valence-corrected chi connectivity index (χ0v) is 10.7. The van der Waals surface area contributed by atoms with Gasteiger partial charge in [-0.3, -0.25) is 4.79 Å². The highest BCUT2D eigenvalue weighted by Crippen LogP contribution is 2.16. The number of carbonyl (C=O) groups excluding carboxylic acids is 1. The topological polar surface area (TPSA) is 29.1 Å². The van der Waals surface area contributed by atoms with Crippen LogP contribution in [0, 0.1) is 6.92 Å². The van der Waals surface area contributed by atoms with Gasteiger partial charge >= 0.3 is 0 Å². The summed E-state index contributed by atoms with van der Waals surface area (Å²) in [6, 6.07) is 6.22. The van der Waals surface area contributed by atoms with Crippen LogP contribution in [0.15, 0.2) is 22.7 Å². The Labute approximate surface area is 99.2 Å². The van der Waals surface area contributed by atoms with Crippen molar-refractivity contribution in [3.63, 3.8) is 0 Å². The quantitative estimate of drug-likeness (QED) is 0.895. The minimum atomic E-state index is 0.114. The second-order valence-corrected chi connectivity index (χ2v) is 4.44. The fourth-order valence-corrected chi connectivity index (χ4v) is 1.78. The highest BCUT2D eigenvalue weighted by atomic mass is 79.9. The van der Waals surface area contributed by atoms with Crippen molar-refractivity contribution >= 4 is 21.8 Å². The van der Waals surface area contributed by atoms with Crippen LogP contribution in [0.4, 0.5) is 0 Å². The van der Waals surface area contributed by atoms with Crippen molar-refractivity contribution in [3.05, 3.63) is 33.8 Å². The number of aryl methyl sites for hydroxylation is 1. The summed E-state index contributed by atoms with van der Waals surface area (Å²) < 4.78 is 1.09. The van der Waals surface area contributed by atoms with Crippen molar-refractivity contribution < 1.29 is 4.79 Å². The number of hydrogen-bond donors (Lipinski definition) is 1. The summed E-state index contributed by atoms with van der Waals surface area (Å²) in [5.41, 5.74) is 2.55. The van der Waals surface area contributed by atoms with Gasteiger partial charge in [-0.1, -0.05) is 28.9 Å². The molecule has 0 saturated carbocycles. The van der Waals surface area contributed by atoms with Crippen molar-refractivity contribution in [2.24, 2.45) is 0 Å². The van der Waals surface area contributed by atoms with Gasteiger partial charge in [0.05, 0.1) is 0 Å². The van der Waals surface area contributed by atoms with E-state index in [0.29, 0.717) is 13.0 Å². The van der Waals surface area contributed by atoms with Gasteiger partial charge in [0.15, 0.2) is 0 Å². The van der Waals surface area contributed by atoms with E-state index in [1.807, 2.05) is 13.0 Å². The maximum atomic E-state index is 11.0. The third kappa shape index (κ3) is 4.04. The number of nitrogens with one attached hydrogen (secondary N) is 1. The molecular weight excluding hydrogens is 254 g/mol. The third-order valence-electron chi connectivity index (χ3n) is 2.35. The Morgan fingerprint density at radius 3 is 2.87 bits per heavy atom.